The molecule has 0 fully saturated rings. The Kier molecular flexibility index (Phi) is 8.73. The van der Waals surface area contributed by atoms with Crippen molar-refractivity contribution in [3.8, 4) is 22.7 Å². The normalized spacial score (nSPS) is 10.7. The van der Waals surface area contributed by atoms with Gasteiger partial charge in [0.15, 0.2) is 0 Å². The van der Waals surface area contributed by atoms with Crippen LogP contribution < -0.4 is 10.1 Å². The van der Waals surface area contributed by atoms with Gasteiger partial charge in [-0.15, -0.1) is 0 Å². The zero-order valence-corrected chi connectivity index (χ0v) is 21.6. The molecule has 0 aliphatic rings. The number of imidazole rings is 1. The first-order valence-corrected chi connectivity index (χ1v) is 12.1. The van der Waals surface area contributed by atoms with Crippen LogP contribution >= 0.6 is 11.6 Å². The lowest BCUT2D eigenvalue weighted by Crippen LogP contribution is -2.40. The number of amides is 2. The van der Waals surface area contributed by atoms with Crippen LogP contribution in [0.5, 0.6) is 5.75 Å². The van der Waals surface area contributed by atoms with Crippen molar-refractivity contribution in [1.82, 2.24) is 14.5 Å². The van der Waals surface area contributed by atoms with Crippen molar-refractivity contribution in [3.05, 3.63) is 95.4 Å². The molecule has 1 N–H and O–H groups in total. The lowest BCUT2D eigenvalue weighted by molar-refractivity contribution is -0.117. The predicted octanol–water partition coefficient (Wildman–Crippen LogP) is 5.07. The van der Waals surface area contributed by atoms with E-state index in [0.717, 1.165) is 11.3 Å². The van der Waals surface area contributed by atoms with Crippen LogP contribution in [0.15, 0.2) is 79.0 Å². The van der Waals surface area contributed by atoms with Crippen LogP contribution in [0.3, 0.4) is 0 Å². The topological polar surface area (TPSA) is 85.7 Å². The summed E-state index contributed by atoms with van der Waals surface area (Å²) in [6, 6.07) is 19.6. The van der Waals surface area contributed by atoms with Crippen molar-refractivity contribution in [1.29, 1.82) is 0 Å². The van der Waals surface area contributed by atoms with Gasteiger partial charge in [-0.05, 0) is 60.7 Å². The van der Waals surface area contributed by atoms with Gasteiger partial charge >= 0.3 is 0 Å². The van der Waals surface area contributed by atoms with Gasteiger partial charge in [-0.3, -0.25) is 19.5 Å². The van der Waals surface area contributed by atoms with Crippen molar-refractivity contribution >= 4 is 29.4 Å². The van der Waals surface area contributed by atoms with Crippen LogP contribution in [-0.2, 0) is 9.53 Å². The SMILES string of the molecule is COCCN(CC(=O)Nc1nc(-c2ccc(Cl)cc2)cn1-c1ccc(OC)cc1)C(=O)c1ccc(F)cc1. The summed E-state index contributed by atoms with van der Waals surface area (Å²) >= 11 is 6.04. The lowest BCUT2D eigenvalue weighted by Gasteiger charge is -2.22. The number of nitrogens with zero attached hydrogens (tertiary/aromatic N) is 3. The number of ether oxygens (including phenoxy) is 2. The molecule has 0 saturated carbocycles. The molecule has 0 unspecified atom stereocenters. The summed E-state index contributed by atoms with van der Waals surface area (Å²) in [6.45, 7) is 0.135. The minimum absolute atomic E-state index is 0.170. The highest BCUT2D eigenvalue weighted by molar-refractivity contribution is 6.30. The standard InChI is InChI=1S/C28H26ClFN4O4/c1-37-16-15-33(27(36)20-5-9-22(30)10-6-20)18-26(35)32-28-31-25(19-3-7-21(29)8-4-19)17-34(28)23-11-13-24(38-2)14-12-23/h3-14,17H,15-16,18H2,1-2H3,(H,31,32,35). The predicted molar refractivity (Wildman–Crippen MR) is 143 cm³/mol. The molecule has 0 saturated heterocycles. The van der Waals surface area contributed by atoms with E-state index < -0.39 is 17.6 Å². The fourth-order valence-corrected chi connectivity index (χ4v) is 3.86. The molecule has 0 atom stereocenters. The van der Waals surface area contributed by atoms with E-state index in [0.29, 0.717) is 16.5 Å². The lowest BCUT2D eigenvalue weighted by atomic mass is 10.2. The Bertz CT molecular complexity index is 1390. The molecule has 0 radical (unpaired) electrons. The molecule has 0 bridgehead atoms. The highest BCUT2D eigenvalue weighted by Crippen LogP contribution is 2.26. The largest absolute Gasteiger partial charge is 0.497 e. The Balaban J connectivity index is 1.61. The van der Waals surface area contributed by atoms with Crippen LogP contribution in [0.2, 0.25) is 5.02 Å². The van der Waals surface area contributed by atoms with Gasteiger partial charge < -0.3 is 14.4 Å². The van der Waals surface area contributed by atoms with Crippen LogP contribution in [0.1, 0.15) is 10.4 Å². The van der Waals surface area contributed by atoms with Crippen molar-refractivity contribution in [2.45, 2.75) is 0 Å². The third-order valence-electron chi connectivity index (χ3n) is 5.73. The van der Waals surface area contributed by atoms with Gasteiger partial charge in [0.1, 0.15) is 18.1 Å². The van der Waals surface area contributed by atoms with E-state index in [-0.39, 0.29) is 31.2 Å². The maximum absolute atomic E-state index is 13.3. The van der Waals surface area contributed by atoms with E-state index in [1.165, 1.54) is 36.3 Å². The fraction of sp³-hybridized carbons (Fsp3) is 0.179. The third kappa shape index (κ3) is 6.56. The molecule has 0 aliphatic heterocycles. The number of rotatable bonds is 10. The molecule has 4 aromatic rings. The Morgan fingerprint density at radius 1 is 1.00 bits per heavy atom. The summed E-state index contributed by atoms with van der Waals surface area (Å²) in [4.78, 5) is 32.2. The van der Waals surface area contributed by atoms with Gasteiger partial charge in [0.05, 0.1) is 19.4 Å². The highest BCUT2D eigenvalue weighted by Gasteiger charge is 2.21. The zero-order chi connectivity index (χ0) is 27.1. The zero-order valence-electron chi connectivity index (χ0n) is 20.9. The van der Waals surface area contributed by atoms with Crippen molar-refractivity contribution in [2.24, 2.45) is 0 Å². The molecule has 8 nitrogen and oxygen atoms in total. The number of halogens is 2. The second kappa shape index (κ2) is 12.4. The molecule has 196 valence electrons. The Labute approximate surface area is 224 Å². The van der Waals surface area contributed by atoms with Crippen LogP contribution in [-0.4, -0.2) is 60.2 Å². The molecule has 3 aromatic carbocycles. The Morgan fingerprint density at radius 2 is 1.68 bits per heavy atom. The smallest absolute Gasteiger partial charge is 0.254 e. The molecule has 1 heterocycles. The number of carbonyl (C=O) groups excluding carboxylic acids is 2. The number of hydrogen-bond acceptors (Lipinski definition) is 5. The van der Waals surface area contributed by atoms with E-state index in [4.69, 9.17) is 21.1 Å². The summed E-state index contributed by atoms with van der Waals surface area (Å²) in [5.74, 6) is -0.377. The molecular formula is C28H26ClFN4O4. The van der Waals surface area contributed by atoms with Gasteiger partial charge in [0.2, 0.25) is 11.9 Å². The minimum Gasteiger partial charge on any atom is -0.497 e. The van der Waals surface area contributed by atoms with Gasteiger partial charge in [0, 0.05) is 41.7 Å². The maximum Gasteiger partial charge on any atom is 0.254 e. The number of hydrogen-bond donors (Lipinski definition) is 1. The van der Waals surface area contributed by atoms with E-state index in [1.807, 2.05) is 24.3 Å². The summed E-state index contributed by atoms with van der Waals surface area (Å²) in [6.07, 6.45) is 1.80. The van der Waals surface area contributed by atoms with E-state index in [2.05, 4.69) is 10.3 Å². The Hall–Kier alpha value is -4.21. The number of anilines is 1. The first-order chi connectivity index (χ1) is 18.4. The summed E-state index contributed by atoms with van der Waals surface area (Å²) in [5.41, 5.74) is 2.43. The minimum atomic E-state index is -0.459. The number of methoxy groups -OCH3 is 2. The number of nitrogens with one attached hydrogen (secondary N) is 1. The monoisotopic (exact) mass is 536 g/mol. The molecule has 1 aromatic heterocycles. The van der Waals surface area contributed by atoms with E-state index in [1.54, 1.807) is 42.1 Å². The highest BCUT2D eigenvalue weighted by atomic mass is 35.5. The molecule has 0 aliphatic carbocycles. The fourth-order valence-electron chi connectivity index (χ4n) is 3.73. The van der Waals surface area contributed by atoms with Gasteiger partial charge in [-0.1, -0.05) is 23.7 Å². The number of benzene rings is 3. The molecule has 10 heteroatoms. The van der Waals surface area contributed by atoms with Gasteiger partial charge in [-0.25, -0.2) is 9.37 Å². The van der Waals surface area contributed by atoms with E-state index in [9.17, 15) is 14.0 Å². The maximum atomic E-state index is 13.3. The summed E-state index contributed by atoms with van der Waals surface area (Å²) in [5, 5.41) is 3.42. The van der Waals surface area contributed by atoms with Crippen LogP contribution in [0, 0.1) is 5.82 Å². The molecule has 4 rings (SSSR count). The average molecular weight is 537 g/mol. The van der Waals surface area contributed by atoms with Crippen molar-refractivity contribution in [2.75, 3.05) is 39.2 Å². The first kappa shape index (κ1) is 26.8. The first-order valence-electron chi connectivity index (χ1n) is 11.7. The molecule has 2 amide bonds. The van der Waals surface area contributed by atoms with Crippen LogP contribution in [0.25, 0.3) is 16.9 Å². The van der Waals surface area contributed by atoms with E-state index >= 15 is 0 Å². The Morgan fingerprint density at radius 3 is 2.32 bits per heavy atom. The van der Waals surface area contributed by atoms with Gasteiger partial charge in [0.25, 0.3) is 5.91 Å². The quantitative estimate of drug-likeness (QED) is 0.306. The van der Waals surface area contributed by atoms with Crippen molar-refractivity contribution in [3.63, 3.8) is 0 Å². The second-order valence-electron chi connectivity index (χ2n) is 8.30. The molecule has 38 heavy (non-hydrogen) atoms. The average Bonchev–Trinajstić information content (AvgIpc) is 3.35. The third-order valence-corrected chi connectivity index (χ3v) is 5.98. The summed E-state index contributed by atoms with van der Waals surface area (Å²) < 4.78 is 25.4. The molecule has 0 spiro atoms. The second-order valence-corrected chi connectivity index (χ2v) is 8.74. The van der Waals surface area contributed by atoms with Crippen molar-refractivity contribution < 1.29 is 23.5 Å². The number of aromatic nitrogens is 2. The van der Waals surface area contributed by atoms with Crippen LogP contribution in [0.4, 0.5) is 10.3 Å². The van der Waals surface area contributed by atoms with Gasteiger partial charge in [-0.2, -0.15) is 0 Å². The molecular weight excluding hydrogens is 511 g/mol. The summed E-state index contributed by atoms with van der Waals surface area (Å²) in [7, 11) is 3.09. The number of carbonyl (C=O) groups is 2.